The lowest BCUT2D eigenvalue weighted by atomic mass is 9.97. The van der Waals surface area contributed by atoms with E-state index in [1.807, 2.05) is 20.0 Å². The van der Waals surface area contributed by atoms with E-state index >= 15 is 0 Å². The monoisotopic (exact) mass is 267 g/mol. The van der Waals surface area contributed by atoms with Gasteiger partial charge in [-0.05, 0) is 49.4 Å². The van der Waals surface area contributed by atoms with Gasteiger partial charge in [-0.1, -0.05) is 19.9 Å². The maximum absolute atomic E-state index is 9.25. The van der Waals surface area contributed by atoms with Crippen LogP contribution in [0.3, 0.4) is 0 Å². The van der Waals surface area contributed by atoms with Gasteiger partial charge in [-0.25, -0.2) is 4.98 Å². The minimum Gasteiger partial charge on any atom is -0.341 e. The Morgan fingerprint density at radius 2 is 1.75 bits per heavy atom. The van der Waals surface area contributed by atoms with E-state index in [9.17, 15) is 5.26 Å². The average molecular weight is 267 g/mol. The highest BCUT2D eigenvalue weighted by molar-refractivity contribution is 5.65. The number of rotatable bonds is 3. The maximum Gasteiger partial charge on any atom is 0.124 e. The first-order valence-electron chi connectivity index (χ1n) is 6.96. The van der Waals surface area contributed by atoms with Gasteiger partial charge >= 0.3 is 0 Å². The Morgan fingerprint density at radius 1 is 1.10 bits per heavy atom. The fourth-order valence-corrected chi connectivity index (χ4v) is 2.41. The Balaban J connectivity index is 2.44. The average Bonchev–Trinajstić information content (AvgIpc) is 2.83. The third-order valence-corrected chi connectivity index (χ3v) is 3.83. The van der Waals surface area contributed by atoms with Gasteiger partial charge in [0.25, 0.3) is 0 Å². The third kappa shape index (κ3) is 2.60. The van der Waals surface area contributed by atoms with E-state index in [2.05, 4.69) is 48.9 Å². The summed E-state index contributed by atoms with van der Waals surface area (Å²) in [5.74, 6) is 0.825. The first-order chi connectivity index (χ1) is 9.43. The second kappa shape index (κ2) is 5.50. The van der Waals surface area contributed by atoms with E-state index in [1.165, 1.54) is 16.7 Å². The number of nitrogens with zero attached hydrogens (tertiary/aromatic N) is 2. The number of nitrogens with one attached hydrogen (secondary N) is 1. The Kier molecular flexibility index (Phi) is 3.94. The predicted octanol–water partition coefficient (Wildman–Crippen LogP) is 4.27. The standard InChI is InChI=1S/C17H21N3/c1-10(2)15(8-18)17-19-9-16(20-17)14-7-12(4)11(3)6-13(14)5/h6-7,9-10,15H,1-5H3,(H,19,20). The fraction of sp³-hybridized carbons (Fsp3) is 0.412. The number of hydrogen-bond donors (Lipinski definition) is 1. The van der Waals surface area contributed by atoms with Crippen molar-refractivity contribution >= 4 is 0 Å². The number of aromatic amines is 1. The Hall–Kier alpha value is -2.08. The molecule has 0 aliphatic rings. The highest BCUT2D eigenvalue weighted by Crippen LogP contribution is 2.28. The molecule has 0 bridgehead atoms. The van der Waals surface area contributed by atoms with Crippen LogP contribution in [0.1, 0.15) is 42.3 Å². The normalized spacial score (nSPS) is 12.4. The molecular weight excluding hydrogens is 246 g/mol. The summed E-state index contributed by atoms with van der Waals surface area (Å²) >= 11 is 0. The van der Waals surface area contributed by atoms with Gasteiger partial charge in [-0.15, -0.1) is 0 Å². The summed E-state index contributed by atoms with van der Waals surface area (Å²) < 4.78 is 0. The van der Waals surface area contributed by atoms with E-state index in [4.69, 9.17) is 0 Å². The molecule has 0 fully saturated rings. The van der Waals surface area contributed by atoms with Crippen molar-refractivity contribution in [2.75, 3.05) is 0 Å². The molecule has 1 unspecified atom stereocenters. The van der Waals surface area contributed by atoms with E-state index in [-0.39, 0.29) is 11.8 Å². The maximum atomic E-state index is 9.25. The minimum absolute atomic E-state index is 0.185. The molecule has 3 nitrogen and oxygen atoms in total. The second-order valence-electron chi connectivity index (χ2n) is 5.78. The van der Waals surface area contributed by atoms with Gasteiger partial charge in [0, 0.05) is 5.56 Å². The summed E-state index contributed by atoms with van der Waals surface area (Å²) in [6, 6.07) is 6.69. The van der Waals surface area contributed by atoms with Crippen LogP contribution < -0.4 is 0 Å². The van der Waals surface area contributed by atoms with Crippen molar-refractivity contribution < 1.29 is 0 Å². The molecule has 0 saturated heterocycles. The number of imidazole rings is 1. The van der Waals surface area contributed by atoms with Crippen LogP contribution in [0.2, 0.25) is 0 Å². The van der Waals surface area contributed by atoms with Gasteiger partial charge < -0.3 is 4.98 Å². The largest absolute Gasteiger partial charge is 0.341 e. The van der Waals surface area contributed by atoms with Gasteiger partial charge in [-0.3, -0.25) is 0 Å². The predicted molar refractivity (Wildman–Crippen MR) is 81.4 cm³/mol. The smallest absolute Gasteiger partial charge is 0.124 e. The van der Waals surface area contributed by atoms with Crippen molar-refractivity contribution in [3.63, 3.8) is 0 Å². The summed E-state index contributed by atoms with van der Waals surface area (Å²) in [6.07, 6.45) is 1.83. The highest BCUT2D eigenvalue weighted by atomic mass is 14.9. The molecule has 3 heteroatoms. The first-order valence-corrected chi connectivity index (χ1v) is 6.96. The molecule has 0 spiro atoms. The number of nitriles is 1. The van der Waals surface area contributed by atoms with Gasteiger partial charge in [-0.2, -0.15) is 5.26 Å². The number of aromatic nitrogens is 2. The van der Waals surface area contributed by atoms with Gasteiger partial charge in [0.2, 0.25) is 0 Å². The lowest BCUT2D eigenvalue weighted by Gasteiger charge is -2.10. The molecule has 0 aliphatic heterocycles. The SMILES string of the molecule is Cc1cc(C)c(-c2cnc(C(C#N)C(C)C)[nH]2)cc1C. The lowest BCUT2D eigenvalue weighted by molar-refractivity contribution is 0.566. The fourth-order valence-electron chi connectivity index (χ4n) is 2.41. The van der Waals surface area contributed by atoms with E-state index in [0.717, 1.165) is 17.1 Å². The summed E-state index contributed by atoms with van der Waals surface area (Å²) in [5, 5.41) is 9.25. The molecular formula is C17H21N3. The molecule has 1 aromatic carbocycles. The molecule has 0 radical (unpaired) electrons. The number of H-pyrrole nitrogens is 1. The first kappa shape index (κ1) is 14.3. The van der Waals surface area contributed by atoms with Crippen molar-refractivity contribution in [2.24, 2.45) is 5.92 Å². The van der Waals surface area contributed by atoms with Crippen LogP contribution in [-0.4, -0.2) is 9.97 Å². The topological polar surface area (TPSA) is 52.5 Å². The van der Waals surface area contributed by atoms with Crippen molar-refractivity contribution in [1.29, 1.82) is 5.26 Å². The highest BCUT2D eigenvalue weighted by Gasteiger charge is 2.19. The van der Waals surface area contributed by atoms with Gasteiger partial charge in [0.1, 0.15) is 11.7 Å². The summed E-state index contributed by atoms with van der Waals surface area (Å²) in [4.78, 5) is 7.72. The quantitative estimate of drug-likeness (QED) is 0.903. The zero-order valence-electron chi connectivity index (χ0n) is 12.8. The zero-order valence-corrected chi connectivity index (χ0v) is 12.8. The summed E-state index contributed by atoms with van der Waals surface area (Å²) in [7, 11) is 0. The van der Waals surface area contributed by atoms with Crippen LogP contribution >= 0.6 is 0 Å². The second-order valence-corrected chi connectivity index (χ2v) is 5.78. The Morgan fingerprint density at radius 3 is 2.35 bits per heavy atom. The minimum atomic E-state index is -0.185. The molecule has 20 heavy (non-hydrogen) atoms. The molecule has 0 aliphatic carbocycles. The zero-order chi connectivity index (χ0) is 14.9. The van der Waals surface area contributed by atoms with E-state index in [1.54, 1.807) is 0 Å². The summed E-state index contributed by atoms with van der Waals surface area (Å²) in [6.45, 7) is 10.4. The van der Waals surface area contributed by atoms with E-state index < -0.39 is 0 Å². The molecule has 1 atom stereocenters. The molecule has 2 aromatic rings. The van der Waals surface area contributed by atoms with Crippen LogP contribution in [0.25, 0.3) is 11.3 Å². The molecule has 1 aromatic heterocycles. The molecule has 2 rings (SSSR count). The number of aryl methyl sites for hydroxylation is 3. The van der Waals surface area contributed by atoms with Crippen LogP contribution in [-0.2, 0) is 0 Å². The molecule has 0 saturated carbocycles. The molecule has 0 amide bonds. The van der Waals surface area contributed by atoms with Crippen LogP contribution in [0.15, 0.2) is 18.3 Å². The van der Waals surface area contributed by atoms with Crippen molar-refractivity contribution in [1.82, 2.24) is 9.97 Å². The lowest BCUT2D eigenvalue weighted by Crippen LogP contribution is -2.05. The van der Waals surface area contributed by atoms with Gasteiger partial charge in [0.05, 0.1) is 18.0 Å². The molecule has 1 N–H and O–H groups in total. The number of benzene rings is 1. The van der Waals surface area contributed by atoms with Crippen LogP contribution in [0.4, 0.5) is 0 Å². The molecule has 1 heterocycles. The third-order valence-electron chi connectivity index (χ3n) is 3.83. The molecule has 104 valence electrons. The van der Waals surface area contributed by atoms with Crippen LogP contribution in [0, 0.1) is 38.0 Å². The van der Waals surface area contributed by atoms with Crippen molar-refractivity contribution in [3.8, 4) is 17.3 Å². The van der Waals surface area contributed by atoms with Crippen molar-refractivity contribution in [2.45, 2.75) is 40.5 Å². The Bertz CT molecular complexity index is 659. The summed E-state index contributed by atoms with van der Waals surface area (Å²) in [5.41, 5.74) is 5.93. The van der Waals surface area contributed by atoms with Crippen LogP contribution in [0.5, 0.6) is 0 Å². The number of hydrogen-bond acceptors (Lipinski definition) is 2. The van der Waals surface area contributed by atoms with Gasteiger partial charge in [0.15, 0.2) is 0 Å². The Labute approximate surface area is 120 Å². The van der Waals surface area contributed by atoms with E-state index in [0.29, 0.717) is 0 Å². The van der Waals surface area contributed by atoms with Crippen molar-refractivity contribution in [3.05, 3.63) is 40.8 Å².